The topological polar surface area (TPSA) is 70.6 Å². The molecule has 0 aromatic heterocycles. The van der Waals surface area contributed by atoms with Crippen LogP contribution < -0.4 is 11.1 Å². The van der Waals surface area contributed by atoms with Crippen LogP contribution in [-0.4, -0.2) is 17.6 Å². The van der Waals surface area contributed by atoms with Crippen LogP contribution in [0.4, 0.5) is 0 Å². The van der Waals surface area contributed by atoms with E-state index in [0.717, 1.165) is 11.1 Å². The van der Waals surface area contributed by atoms with Crippen LogP contribution in [0.3, 0.4) is 0 Å². The normalized spacial score (nSPS) is 12.4. The monoisotopic (exact) mass is 479 g/mol. The number of aromatic hydroxyl groups is 1. The highest BCUT2D eigenvalue weighted by Gasteiger charge is 2.10. The molecule has 1 atom stereocenters. The summed E-state index contributed by atoms with van der Waals surface area (Å²) in [4.78, 5) is 4.29. The molecule has 130 valence electrons. The van der Waals surface area contributed by atoms with Crippen molar-refractivity contribution >= 4 is 53.1 Å². The van der Waals surface area contributed by atoms with Gasteiger partial charge in [0.25, 0.3) is 0 Å². The summed E-state index contributed by atoms with van der Waals surface area (Å²) in [6.07, 6.45) is 0.701. The van der Waals surface area contributed by atoms with E-state index in [2.05, 4.69) is 10.3 Å². The summed E-state index contributed by atoms with van der Waals surface area (Å²) in [5.41, 5.74) is 7.82. The van der Waals surface area contributed by atoms with Crippen LogP contribution in [0, 0.1) is 0 Å². The fourth-order valence-corrected chi connectivity index (χ4v) is 2.79. The smallest absolute Gasteiger partial charge is 0.189 e. The highest BCUT2D eigenvalue weighted by Crippen LogP contribution is 2.25. The molecule has 1 unspecified atom stereocenters. The molecule has 0 heterocycles. The Hall–Kier alpha value is -1.18. The molecule has 7 heteroatoms. The van der Waals surface area contributed by atoms with Gasteiger partial charge < -0.3 is 16.2 Å². The van der Waals surface area contributed by atoms with Gasteiger partial charge >= 0.3 is 0 Å². The summed E-state index contributed by atoms with van der Waals surface area (Å²) >= 11 is 12.1. The van der Waals surface area contributed by atoms with E-state index < -0.39 is 0 Å². The van der Waals surface area contributed by atoms with Gasteiger partial charge in [-0.1, -0.05) is 41.4 Å². The molecule has 0 radical (unpaired) electrons. The van der Waals surface area contributed by atoms with Gasteiger partial charge in [-0.3, -0.25) is 4.99 Å². The van der Waals surface area contributed by atoms with E-state index in [1.807, 2.05) is 19.1 Å². The number of rotatable bonds is 5. The van der Waals surface area contributed by atoms with Gasteiger partial charge in [0, 0.05) is 16.6 Å². The molecule has 0 aliphatic rings. The lowest BCUT2D eigenvalue weighted by Gasteiger charge is -2.16. The predicted octanol–water partition coefficient (Wildman–Crippen LogP) is 4.53. The largest absolute Gasteiger partial charge is 0.508 e. The Balaban J connectivity index is 0.00000288. The lowest BCUT2D eigenvalue weighted by molar-refractivity contribution is 0.474. The van der Waals surface area contributed by atoms with Crippen molar-refractivity contribution in [1.29, 1.82) is 0 Å². The second-order valence-corrected chi connectivity index (χ2v) is 6.06. The second kappa shape index (κ2) is 9.96. The first-order chi connectivity index (χ1) is 11.0. The number of benzene rings is 2. The third kappa shape index (κ3) is 6.37. The van der Waals surface area contributed by atoms with Crippen molar-refractivity contribution in [1.82, 2.24) is 5.32 Å². The van der Waals surface area contributed by atoms with Gasteiger partial charge in [0.2, 0.25) is 0 Å². The first kappa shape index (κ1) is 20.9. The van der Waals surface area contributed by atoms with E-state index in [4.69, 9.17) is 28.9 Å². The number of phenolic OH excluding ortho intramolecular Hbond substituents is 1. The van der Waals surface area contributed by atoms with E-state index in [0.29, 0.717) is 29.0 Å². The summed E-state index contributed by atoms with van der Waals surface area (Å²) in [5, 5.41) is 13.7. The van der Waals surface area contributed by atoms with Gasteiger partial charge in [-0.15, -0.1) is 24.0 Å². The number of halogens is 3. The van der Waals surface area contributed by atoms with Crippen molar-refractivity contribution < 1.29 is 5.11 Å². The minimum Gasteiger partial charge on any atom is -0.508 e. The van der Waals surface area contributed by atoms with Gasteiger partial charge in [0.05, 0.1) is 6.04 Å². The Kier molecular flexibility index (Phi) is 8.66. The number of hydrogen-bond donors (Lipinski definition) is 3. The van der Waals surface area contributed by atoms with Gasteiger partial charge in [0.1, 0.15) is 5.75 Å². The third-order valence-corrected chi connectivity index (χ3v) is 3.95. The number of hydrogen-bond acceptors (Lipinski definition) is 2. The number of nitrogens with two attached hydrogens (primary N) is 1. The molecule has 0 bridgehead atoms. The third-order valence-electron chi connectivity index (χ3n) is 3.39. The molecule has 4 N–H and O–H groups in total. The van der Waals surface area contributed by atoms with Crippen molar-refractivity contribution in [2.24, 2.45) is 10.7 Å². The molecular weight excluding hydrogens is 460 g/mol. The van der Waals surface area contributed by atoms with Crippen molar-refractivity contribution in [3.63, 3.8) is 0 Å². The van der Waals surface area contributed by atoms with Gasteiger partial charge in [-0.2, -0.15) is 0 Å². The predicted molar refractivity (Wildman–Crippen MR) is 112 cm³/mol. The van der Waals surface area contributed by atoms with E-state index in [9.17, 15) is 5.11 Å². The van der Waals surface area contributed by atoms with E-state index in [1.54, 1.807) is 30.3 Å². The second-order valence-electron chi connectivity index (χ2n) is 5.22. The van der Waals surface area contributed by atoms with Crippen LogP contribution in [0.1, 0.15) is 24.1 Å². The molecule has 0 saturated heterocycles. The lowest BCUT2D eigenvalue weighted by atomic mass is 10.1. The first-order valence-corrected chi connectivity index (χ1v) is 8.00. The molecule has 0 amide bonds. The zero-order valence-electron chi connectivity index (χ0n) is 13.2. The van der Waals surface area contributed by atoms with Crippen molar-refractivity contribution in [2.45, 2.75) is 19.4 Å². The van der Waals surface area contributed by atoms with Crippen LogP contribution in [0.15, 0.2) is 47.5 Å². The Morgan fingerprint density at radius 3 is 2.67 bits per heavy atom. The molecule has 4 nitrogen and oxygen atoms in total. The van der Waals surface area contributed by atoms with Crippen molar-refractivity contribution in [3.05, 3.63) is 63.6 Å². The summed E-state index contributed by atoms with van der Waals surface area (Å²) in [5.74, 6) is 0.604. The highest BCUT2D eigenvalue weighted by atomic mass is 127. The Labute approximate surface area is 169 Å². The number of aliphatic imine (C=N–C) groups is 1. The standard InChI is InChI=1S/C17H19Cl2N3O.HI/c1-11(15-6-5-13(18)10-16(15)19)22-17(20)21-8-7-12-3-2-4-14(23)9-12;/h2-6,9-11,23H,7-8H2,1H3,(H3,20,21,22);1H. The lowest BCUT2D eigenvalue weighted by Crippen LogP contribution is -2.34. The SMILES string of the molecule is CC(NC(N)=NCCc1cccc(O)c1)c1ccc(Cl)cc1Cl.I. The number of nitrogens with one attached hydrogen (secondary N) is 1. The molecule has 0 spiro atoms. The number of nitrogens with zero attached hydrogens (tertiary/aromatic N) is 1. The maximum Gasteiger partial charge on any atom is 0.189 e. The Bertz CT molecular complexity index is 710. The van der Waals surface area contributed by atoms with Gasteiger partial charge in [-0.05, 0) is 48.7 Å². The fraction of sp³-hybridized carbons (Fsp3) is 0.235. The van der Waals surface area contributed by atoms with Crippen molar-refractivity contribution in [2.75, 3.05) is 6.54 Å². The molecular formula is C17H20Cl2IN3O. The average molecular weight is 480 g/mol. The summed E-state index contributed by atoms with van der Waals surface area (Å²) in [7, 11) is 0. The van der Waals surface area contributed by atoms with Gasteiger partial charge in [-0.25, -0.2) is 0 Å². The number of phenols is 1. The first-order valence-electron chi connectivity index (χ1n) is 7.25. The molecule has 0 aliphatic heterocycles. The number of guanidine groups is 1. The van der Waals surface area contributed by atoms with E-state index >= 15 is 0 Å². The van der Waals surface area contributed by atoms with E-state index in [1.165, 1.54) is 0 Å². The van der Waals surface area contributed by atoms with Crippen LogP contribution in [0.5, 0.6) is 5.75 Å². The highest BCUT2D eigenvalue weighted by molar-refractivity contribution is 14.0. The molecule has 2 aromatic carbocycles. The van der Waals surface area contributed by atoms with Crippen LogP contribution >= 0.6 is 47.2 Å². The van der Waals surface area contributed by atoms with Crippen LogP contribution in [-0.2, 0) is 6.42 Å². The molecule has 24 heavy (non-hydrogen) atoms. The van der Waals surface area contributed by atoms with Crippen molar-refractivity contribution in [3.8, 4) is 5.75 Å². The minimum absolute atomic E-state index is 0. The molecule has 0 aliphatic carbocycles. The summed E-state index contributed by atoms with van der Waals surface area (Å²) in [6.45, 7) is 2.48. The molecule has 0 saturated carbocycles. The zero-order chi connectivity index (χ0) is 16.8. The average Bonchev–Trinajstić information content (AvgIpc) is 2.47. The van der Waals surface area contributed by atoms with Gasteiger partial charge in [0.15, 0.2) is 5.96 Å². The van der Waals surface area contributed by atoms with Crippen LogP contribution in [0.2, 0.25) is 10.0 Å². The molecule has 2 aromatic rings. The fourth-order valence-electron chi connectivity index (χ4n) is 2.22. The zero-order valence-corrected chi connectivity index (χ0v) is 17.0. The maximum atomic E-state index is 9.42. The molecule has 2 rings (SSSR count). The summed E-state index contributed by atoms with van der Waals surface area (Å²) < 4.78 is 0. The maximum absolute atomic E-state index is 9.42. The minimum atomic E-state index is -0.0794. The quantitative estimate of drug-likeness (QED) is 0.335. The Morgan fingerprint density at radius 2 is 2.00 bits per heavy atom. The van der Waals surface area contributed by atoms with Crippen LogP contribution in [0.25, 0.3) is 0 Å². The Morgan fingerprint density at radius 1 is 1.25 bits per heavy atom. The molecule has 0 fully saturated rings. The summed E-state index contributed by atoms with van der Waals surface area (Å²) in [6, 6.07) is 12.4. The van der Waals surface area contributed by atoms with E-state index in [-0.39, 0.29) is 35.8 Å².